The molecule has 168 valence electrons. The fraction of sp³-hybridized carbons (Fsp3) is 0.375. The van der Waals surface area contributed by atoms with Crippen molar-refractivity contribution in [2.45, 2.75) is 51.4 Å². The molecule has 8 nitrogen and oxygen atoms in total. The second-order valence-electron chi connectivity index (χ2n) is 8.03. The molecule has 1 fully saturated rings. The molecule has 2 aromatic rings. The molecule has 0 radical (unpaired) electrons. The Kier molecular flexibility index (Phi) is 6.41. The van der Waals surface area contributed by atoms with Crippen LogP contribution in [0, 0.1) is 0 Å². The van der Waals surface area contributed by atoms with Gasteiger partial charge in [0.2, 0.25) is 0 Å². The molecule has 4 rings (SSSR count). The molecule has 3 atom stereocenters. The maximum Gasteiger partial charge on any atom is 0.265 e. The van der Waals surface area contributed by atoms with Gasteiger partial charge in [0.05, 0.1) is 11.7 Å². The fourth-order valence-corrected chi connectivity index (χ4v) is 3.81. The Morgan fingerprint density at radius 3 is 2.81 bits per heavy atom. The van der Waals surface area contributed by atoms with E-state index in [0.29, 0.717) is 42.1 Å². The Morgan fingerprint density at radius 1 is 1.22 bits per heavy atom. The average molecular weight is 437 g/mol. The van der Waals surface area contributed by atoms with E-state index >= 15 is 0 Å². The van der Waals surface area contributed by atoms with Crippen molar-refractivity contribution in [1.29, 1.82) is 0 Å². The van der Waals surface area contributed by atoms with Gasteiger partial charge in [0.1, 0.15) is 11.9 Å². The number of amides is 3. The molecular weight excluding hydrogens is 410 g/mol. The van der Waals surface area contributed by atoms with Crippen molar-refractivity contribution in [3.8, 4) is 5.75 Å². The van der Waals surface area contributed by atoms with Gasteiger partial charge in [-0.3, -0.25) is 14.4 Å². The molecule has 2 aliphatic heterocycles. The van der Waals surface area contributed by atoms with Crippen LogP contribution >= 0.6 is 0 Å². The van der Waals surface area contributed by atoms with E-state index in [1.807, 2.05) is 26.0 Å². The highest BCUT2D eigenvalue weighted by molar-refractivity contribution is 5.99. The van der Waals surface area contributed by atoms with Gasteiger partial charge in [0.25, 0.3) is 17.7 Å². The first kappa shape index (κ1) is 21.8. The zero-order valence-electron chi connectivity index (χ0n) is 18.1. The highest BCUT2D eigenvalue weighted by atomic mass is 16.5. The second kappa shape index (κ2) is 9.40. The minimum absolute atomic E-state index is 0.152. The predicted molar refractivity (Wildman–Crippen MR) is 120 cm³/mol. The first-order chi connectivity index (χ1) is 15.4. The van der Waals surface area contributed by atoms with Crippen molar-refractivity contribution in [2.24, 2.45) is 0 Å². The van der Waals surface area contributed by atoms with E-state index in [0.717, 1.165) is 12.0 Å². The molecule has 0 aliphatic carbocycles. The Labute approximate surface area is 186 Å². The number of carbonyl (C=O) groups excluding carboxylic acids is 3. The monoisotopic (exact) mass is 437 g/mol. The van der Waals surface area contributed by atoms with Gasteiger partial charge in [-0.1, -0.05) is 19.1 Å². The Morgan fingerprint density at radius 2 is 2.06 bits per heavy atom. The van der Waals surface area contributed by atoms with Crippen molar-refractivity contribution in [1.82, 2.24) is 5.32 Å². The Bertz CT molecular complexity index is 1030. The fourth-order valence-electron chi connectivity index (χ4n) is 3.81. The number of hydrogen-bond donors (Lipinski definition) is 3. The van der Waals surface area contributed by atoms with Gasteiger partial charge in [-0.15, -0.1) is 0 Å². The number of carbonyl (C=O) groups is 3. The Hall–Kier alpha value is -3.39. The van der Waals surface area contributed by atoms with Crippen LogP contribution in [-0.4, -0.2) is 36.5 Å². The molecule has 2 aliphatic rings. The molecule has 0 bridgehead atoms. The molecule has 2 aromatic carbocycles. The molecule has 8 heteroatoms. The third-order valence-corrected chi connectivity index (χ3v) is 5.66. The highest BCUT2D eigenvalue weighted by Gasteiger charge is 2.27. The van der Waals surface area contributed by atoms with Crippen LogP contribution in [0.1, 0.15) is 55.1 Å². The zero-order valence-corrected chi connectivity index (χ0v) is 18.1. The number of anilines is 2. The first-order valence-electron chi connectivity index (χ1n) is 10.9. The number of nitrogens with one attached hydrogen (secondary N) is 3. The molecule has 0 unspecified atom stereocenters. The second-order valence-corrected chi connectivity index (χ2v) is 8.03. The van der Waals surface area contributed by atoms with E-state index in [2.05, 4.69) is 16.0 Å². The van der Waals surface area contributed by atoms with Crippen molar-refractivity contribution in [3.63, 3.8) is 0 Å². The highest BCUT2D eigenvalue weighted by Crippen LogP contribution is 2.33. The topological polar surface area (TPSA) is 106 Å². The lowest BCUT2D eigenvalue weighted by Crippen LogP contribution is -2.36. The largest absolute Gasteiger partial charge is 0.478 e. The zero-order chi connectivity index (χ0) is 22.7. The normalized spacial score (nSPS) is 20.5. The minimum atomic E-state index is -0.518. The van der Waals surface area contributed by atoms with Crippen molar-refractivity contribution < 1.29 is 23.9 Å². The first-order valence-corrected chi connectivity index (χ1v) is 10.9. The molecule has 2 heterocycles. The third-order valence-electron chi connectivity index (χ3n) is 5.66. The van der Waals surface area contributed by atoms with Crippen LogP contribution in [0.2, 0.25) is 0 Å². The maximum atomic E-state index is 12.8. The standard InChI is InChI=1S/C24H27N3O5/c1-3-19-23(29)27-18-10-9-15(13-21(18)32-19)14(2)25-22(28)16-6-4-7-17(12-16)26-24(30)20-8-5-11-31-20/h4,6-7,9-10,12-14,19-20H,3,5,8,11H2,1-2H3,(H,25,28)(H,26,30)(H,27,29)/t14-,19-,20+/m0/s1. The summed E-state index contributed by atoms with van der Waals surface area (Å²) in [4.78, 5) is 37.0. The van der Waals surface area contributed by atoms with Crippen LogP contribution < -0.4 is 20.7 Å². The van der Waals surface area contributed by atoms with Gasteiger partial charge in [0, 0.05) is 17.9 Å². The van der Waals surface area contributed by atoms with Crippen molar-refractivity contribution in [3.05, 3.63) is 53.6 Å². The summed E-state index contributed by atoms with van der Waals surface area (Å²) in [5.74, 6) is -0.0153. The van der Waals surface area contributed by atoms with E-state index in [1.165, 1.54) is 0 Å². The molecule has 0 spiro atoms. The van der Waals surface area contributed by atoms with Gasteiger partial charge < -0.3 is 25.4 Å². The summed E-state index contributed by atoms with van der Waals surface area (Å²) in [6, 6.07) is 12.0. The smallest absolute Gasteiger partial charge is 0.265 e. The molecule has 3 amide bonds. The van der Waals surface area contributed by atoms with Gasteiger partial charge >= 0.3 is 0 Å². The van der Waals surface area contributed by atoms with Gasteiger partial charge in [-0.25, -0.2) is 0 Å². The molecule has 32 heavy (non-hydrogen) atoms. The summed E-state index contributed by atoms with van der Waals surface area (Å²) in [5, 5.41) is 8.63. The number of ether oxygens (including phenoxy) is 2. The van der Waals surface area contributed by atoms with Gasteiger partial charge in [-0.05, 0) is 62.1 Å². The van der Waals surface area contributed by atoms with Crippen LogP contribution in [0.25, 0.3) is 0 Å². The molecule has 1 saturated heterocycles. The summed E-state index contributed by atoms with van der Waals surface area (Å²) in [6.07, 6.45) is 1.20. The third kappa shape index (κ3) is 4.75. The summed E-state index contributed by atoms with van der Waals surface area (Å²) in [7, 11) is 0. The van der Waals surface area contributed by atoms with E-state index in [4.69, 9.17) is 9.47 Å². The lowest BCUT2D eigenvalue weighted by molar-refractivity contribution is -0.125. The summed E-state index contributed by atoms with van der Waals surface area (Å²) in [6.45, 7) is 4.36. The van der Waals surface area contributed by atoms with Crippen LogP contribution in [0.3, 0.4) is 0 Å². The maximum absolute atomic E-state index is 12.8. The van der Waals surface area contributed by atoms with E-state index in [-0.39, 0.29) is 23.8 Å². The van der Waals surface area contributed by atoms with Gasteiger partial charge in [-0.2, -0.15) is 0 Å². The summed E-state index contributed by atoms with van der Waals surface area (Å²) >= 11 is 0. The quantitative estimate of drug-likeness (QED) is 0.642. The van der Waals surface area contributed by atoms with E-state index in [1.54, 1.807) is 30.3 Å². The SMILES string of the molecule is CC[C@@H]1Oc2cc([C@H](C)NC(=O)c3cccc(NC(=O)[C@H]4CCCO4)c3)ccc2NC1=O. The summed E-state index contributed by atoms with van der Waals surface area (Å²) in [5.41, 5.74) is 2.46. The Balaban J connectivity index is 1.42. The number of hydrogen-bond acceptors (Lipinski definition) is 5. The van der Waals surface area contributed by atoms with Crippen LogP contribution in [0.5, 0.6) is 5.75 Å². The van der Waals surface area contributed by atoms with Crippen LogP contribution in [0.4, 0.5) is 11.4 Å². The van der Waals surface area contributed by atoms with Crippen LogP contribution in [-0.2, 0) is 14.3 Å². The molecule has 0 saturated carbocycles. The molecular formula is C24H27N3O5. The lowest BCUT2D eigenvalue weighted by Gasteiger charge is -2.26. The molecule has 0 aromatic heterocycles. The van der Waals surface area contributed by atoms with E-state index < -0.39 is 12.2 Å². The minimum Gasteiger partial charge on any atom is -0.478 e. The molecule has 3 N–H and O–H groups in total. The number of fused-ring (bicyclic) bond motifs is 1. The predicted octanol–water partition coefficient (Wildman–Crippen LogP) is 3.40. The summed E-state index contributed by atoms with van der Waals surface area (Å²) < 4.78 is 11.2. The van der Waals surface area contributed by atoms with Crippen molar-refractivity contribution in [2.75, 3.05) is 17.2 Å². The van der Waals surface area contributed by atoms with E-state index in [9.17, 15) is 14.4 Å². The average Bonchev–Trinajstić information content (AvgIpc) is 3.33. The number of rotatable bonds is 6. The number of benzene rings is 2. The van der Waals surface area contributed by atoms with Crippen LogP contribution in [0.15, 0.2) is 42.5 Å². The van der Waals surface area contributed by atoms with Crippen molar-refractivity contribution >= 4 is 29.1 Å². The van der Waals surface area contributed by atoms with Gasteiger partial charge in [0.15, 0.2) is 6.10 Å². The lowest BCUT2D eigenvalue weighted by atomic mass is 10.0.